The highest BCUT2D eigenvalue weighted by Gasteiger charge is 2.08. The molecule has 1 atom stereocenters. The first-order valence-corrected chi connectivity index (χ1v) is 4.24. The van der Waals surface area contributed by atoms with Gasteiger partial charge in [0.2, 0.25) is 0 Å². The molecule has 0 aliphatic carbocycles. The van der Waals surface area contributed by atoms with Crippen molar-refractivity contribution in [3.8, 4) is 0 Å². The lowest BCUT2D eigenvalue weighted by Crippen LogP contribution is -2.19. The van der Waals surface area contributed by atoms with Gasteiger partial charge in [-0.15, -0.1) is 6.58 Å². The number of rotatable bonds is 5. The molecule has 1 rings (SSSR count). The number of nitrogens with one attached hydrogen (secondary N) is 1. The molecule has 1 aromatic rings. The summed E-state index contributed by atoms with van der Waals surface area (Å²) in [5.74, 6) is 0. The molecule has 0 spiro atoms. The first-order chi connectivity index (χ1) is 5.88. The van der Waals surface area contributed by atoms with Gasteiger partial charge in [0.05, 0.1) is 12.5 Å². The zero-order valence-electron chi connectivity index (χ0n) is 7.42. The van der Waals surface area contributed by atoms with Crippen LogP contribution in [-0.2, 0) is 0 Å². The fourth-order valence-electron chi connectivity index (χ4n) is 1.22. The van der Waals surface area contributed by atoms with Crippen molar-refractivity contribution in [1.29, 1.82) is 0 Å². The van der Waals surface area contributed by atoms with Crippen LogP contribution in [0.1, 0.15) is 24.9 Å². The molecule has 0 radical (unpaired) electrons. The highest BCUT2D eigenvalue weighted by Crippen LogP contribution is 2.16. The van der Waals surface area contributed by atoms with E-state index in [9.17, 15) is 0 Å². The maximum Gasteiger partial charge on any atom is 0.0950 e. The largest absolute Gasteiger partial charge is 0.472 e. The standard InChI is InChI=1S/C10H15NO/c1-3-5-10(11-4-2)9-6-7-12-8-9/h3,6-8,10-11H,1,4-5H2,2H3. The highest BCUT2D eigenvalue weighted by atomic mass is 16.3. The van der Waals surface area contributed by atoms with Gasteiger partial charge < -0.3 is 9.73 Å². The molecule has 1 heterocycles. The molecular weight excluding hydrogens is 150 g/mol. The van der Waals surface area contributed by atoms with Crippen molar-refractivity contribution in [2.45, 2.75) is 19.4 Å². The van der Waals surface area contributed by atoms with Gasteiger partial charge in [-0.3, -0.25) is 0 Å². The molecule has 1 unspecified atom stereocenters. The molecule has 1 aromatic heterocycles. The predicted octanol–water partition coefficient (Wildman–Crippen LogP) is 2.51. The van der Waals surface area contributed by atoms with Crippen molar-refractivity contribution in [2.24, 2.45) is 0 Å². The fourth-order valence-corrected chi connectivity index (χ4v) is 1.22. The van der Waals surface area contributed by atoms with Gasteiger partial charge >= 0.3 is 0 Å². The Balaban J connectivity index is 2.59. The van der Waals surface area contributed by atoms with Gasteiger partial charge in [0.25, 0.3) is 0 Å². The number of hydrogen-bond donors (Lipinski definition) is 1. The summed E-state index contributed by atoms with van der Waals surface area (Å²) < 4.78 is 5.01. The summed E-state index contributed by atoms with van der Waals surface area (Å²) in [7, 11) is 0. The molecule has 0 saturated carbocycles. The zero-order chi connectivity index (χ0) is 8.81. The Labute approximate surface area is 73.3 Å². The zero-order valence-corrected chi connectivity index (χ0v) is 7.42. The van der Waals surface area contributed by atoms with Gasteiger partial charge in [-0.25, -0.2) is 0 Å². The second-order valence-corrected chi connectivity index (χ2v) is 2.69. The summed E-state index contributed by atoms with van der Waals surface area (Å²) in [5, 5.41) is 3.35. The minimum absolute atomic E-state index is 0.353. The van der Waals surface area contributed by atoms with Gasteiger partial charge in [0, 0.05) is 11.6 Å². The first kappa shape index (κ1) is 9.07. The Morgan fingerprint density at radius 3 is 3.08 bits per heavy atom. The van der Waals surface area contributed by atoms with E-state index in [1.54, 1.807) is 12.5 Å². The Morgan fingerprint density at radius 1 is 1.75 bits per heavy atom. The summed E-state index contributed by atoms with van der Waals surface area (Å²) in [6.07, 6.45) is 6.33. The van der Waals surface area contributed by atoms with Crippen LogP contribution in [0.2, 0.25) is 0 Å². The van der Waals surface area contributed by atoms with Crippen LogP contribution in [0.25, 0.3) is 0 Å². The van der Waals surface area contributed by atoms with Crippen molar-refractivity contribution >= 4 is 0 Å². The lowest BCUT2D eigenvalue weighted by molar-refractivity contribution is 0.530. The van der Waals surface area contributed by atoms with Crippen molar-refractivity contribution in [2.75, 3.05) is 6.54 Å². The SMILES string of the molecule is C=CCC(NCC)c1ccoc1. The summed E-state index contributed by atoms with van der Waals surface area (Å²) in [6.45, 7) is 6.78. The minimum atomic E-state index is 0.353. The molecule has 2 nitrogen and oxygen atoms in total. The van der Waals surface area contributed by atoms with Crippen molar-refractivity contribution in [3.05, 3.63) is 36.8 Å². The maximum absolute atomic E-state index is 5.01. The molecule has 0 bridgehead atoms. The fraction of sp³-hybridized carbons (Fsp3) is 0.400. The quantitative estimate of drug-likeness (QED) is 0.678. The smallest absolute Gasteiger partial charge is 0.0950 e. The second kappa shape index (κ2) is 4.78. The normalized spacial score (nSPS) is 12.8. The van der Waals surface area contributed by atoms with E-state index in [0.29, 0.717) is 6.04 Å². The maximum atomic E-state index is 5.01. The predicted molar refractivity (Wildman–Crippen MR) is 49.9 cm³/mol. The van der Waals surface area contributed by atoms with Gasteiger partial charge in [0.15, 0.2) is 0 Å². The molecule has 66 valence electrons. The minimum Gasteiger partial charge on any atom is -0.472 e. The molecule has 0 saturated heterocycles. The highest BCUT2D eigenvalue weighted by molar-refractivity contribution is 5.12. The molecule has 1 N–H and O–H groups in total. The monoisotopic (exact) mass is 165 g/mol. The van der Waals surface area contributed by atoms with Crippen molar-refractivity contribution in [1.82, 2.24) is 5.32 Å². The van der Waals surface area contributed by atoms with Gasteiger partial charge in [-0.1, -0.05) is 13.0 Å². The van der Waals surface area contributed by atoms with E-state index in [4.69, 9.17) is 4.42 Å². The van der Waals surface area contributed by atoms with E-state index in [1.165, 1.54) is 5.56 Å². The number of furan rings is 1. The van der Waals surface area contributed by atoms with E-state index in [-0.39, 0.29) is 0 Å². The van der Waals surface area contributed by atoms with E-state index >= 15 is 0 Å². The van der Waals surface area contributed by atoms with E-state index in [1.807, 2.05) is 12.1 Å². The Bertz CT molecular complexity index is 216. The van der Waals surface area contributed by atoms with Crippen LogP contribution < -0.4 is 5.32 Å². The van der Waals surface area contributed by atoms with Crippen LogP contribution >= 0.6 is 0 Å². The summed E-state index contributed by atoms with van der Waals surface area (Å²) in [6, 6.07) is 2.34. The summed E-state index contributed by atoms with van der Waals surface area (Å²) in [5.41, 5.74) is 1.19. The third-order valence-corrected chi connectivity index (χ3v) is 1.80. The van der Waals surface area contributed by atoms with Gasteiger partial charge in [-0.2, -0.15) is 0 Å². The van der Waals surface area contributed by atoms with Gasteiger partial charge in [-0.05, 0) is 19.0 Å². The lowest BCUT2D eigenvalue weighted by Gasteiger charge is -2.13. The Hall–Kier alpha value is -1.02. The molecule has 0 amide bonds. The third-order valence-electron chi connectivity index (χ3n) is 1.80. The molecular formula is C10H15NO. The van der Waals surface area contributed by atoms with Gasteiger partial charge in [0.1, 0.15) is 0 Å². The molecule has 0 aliphatic heterocycles. The Kier molecular flexibility index (Phi) is 3.61. The first-order valence-electron chi connectivity index (χ1n) is 4.24. The van der Waals surface area contributed by atoms with Crippen LogP contribution in [0.4, 0.5) is 0 Å². The van der Waals surface area contributed by atoms with E-state index < -0.39 is 0 Å². The lowest BCUT2D eigenvalue weighted by atomic mass is 10.1. The second-order valence-electron chi connectivity index (χ2n) is 2.69. The van der Waals surface area contributed by atoms with E-state index in [0.717, 1.165) is 13.0 Å². The van der Waals surface area contributed by atoms with Crippen molar-refractivity contribution < 1.29 is 4.42 Å². The van der Waals surface area contributed by atoms with Crippen molar-refractivity contribution in [3.63, 3.8) is 0 Å². The average molecular weight is 165 g/mol. The third kappa shape index (κ3) is 2.24. The van der Waals surface area contributed by atoms with Crippen LogP contribution in [0.15, 0.2) is 35.7 Å². The number of hydrogen-bond acceptors (Lipinski definition) is 2. The van der Waals surface area contributed by atoms with Crippen LogP contribution in [0.5, 0.6) is 0 Å². The molecule has 12 heavy (non-hydrogen) atoms. The van der Waals surface area contributed by atoms with Crippen LogP contribution in [0.3, 0.4) is 0 Å². The molecule has 0 aliphatic rings. The van der Waals surface area contributed by atoms with Crippen LogP contribution in [-0.4, -0.2) is 6.54 Å². The molecule has 0 aromatic carbocycles. The molecule has 0 fully saturated rings. The molecule has 2 heteroatoms. The summed E-state index contributed by atoms with van der Waals surface area (Å²) >= 11 is 0. The van der Waals surface area contributed by atoms with E-state index in [2.05, 4.69) is 18.8 Å². The average Bonchev–Trinajstić information content (AvgIpc) is 2.56. The summed E-state index contributed by atoms with van der Waals surface area (Å²) in [4.78, 5) is 0. The Morgan fingerprint density at radius 2 is 2.58 bits per heavy atom. The topological polar surface area (TPSA) is 25.2 Å². The van der Waals surface area contributed by atoms with Crippen LogP contribution in [0, 0.1) is 0 Å².